The van der Waals surface area contributed by atoms with Crippen LogP contribution in [0.4, 0.5) is 0 Å². The molecular weight excluding hydrogens is 246 g/mol. The van der Waals surface area contributed by atoms with Crippen LogP contribution in [0.3, 0.4) is 0 Å². The SMILES string of the molecule is C=CCOc1ccccc1C(=O)NC(CC)C(=O)O. The van der Waals surface area contributed by atoms with Crippen LogP contribution in [0, 0.1) is 0 Å². The fourth-order valence-electron chi connectivity index (χ4n) is 1.50. The Labute approximate surface area is 111 Å². The van der Waals surface area contributed by atoms with Crippen LogP contribution in [-0.4, -0.2) is 29.6 Å². The lowest BCUT2D eigenvalue weighted by atomic mass is 10.1. The average Bonchev–Trinajstić information content (AvgIpc) is 2.42. The number of para-hydroxylation sites is 1. The standard InChI is InChI=1S/C14H17NO4/c1-3-9-19-12-8-6-5-7-10(12)13(16)15-11(4-2)14(17)18/h3,5-8,11H,1,4,9H2,2H3,(H,15,16)(H,17,18). The molecule has 0 fully saturated rings. The molecule has 1 rings (SSSR count). The van der Waals surface area contributed by atoms with E-state index >= 15 is 0 Å². The fraction of sp³-hybridized carbons (Fsp3) is 0.286. The number of hydrogen-bond acceptors (Lipinski definition) is 3. The zero-order valence-electron chi connectivity index (χ0n) is 10.8. The van der Waals surface area contributed by atoms with E-state index in [1.54, 1.807) is 37.3 Å². The van der Waals surface area contributed by atoms with Gasteiger partial charge in [0.15, 0.2) is 0 Å². The van der Waals surface area contributed by atoms with Crippen molar-refractivity contribution in [1.29, 1.82) is 0 Å². The number of amides is 1. The summed E-state index contributed by atoms with van der Waals surface area (Å²) in [6, 6.07) is 5.77. The van der Waals surface area contributed by atoms with Gasteiger partial charge in [0.1, 0.15) is 18.4 Å². The molecule has 0 saturated carbocycles. The van der Waals surface area contributed by atoms with Crippen molar-refractivity contribution >= 4 is 11.9 Å². The van der Waals surface area contributed by atoms with Gasteiger partial charge < -0.3 is 15.2 Å². The van der Waals surface area contributed by atoms with Crippen LogP contribution in [0.1, 0.15) is 23.7 Å². The molecule has 19 heavy (non-hydrogen) atoms. The Morgan fingerprint density at radius 3 is 2.74 bits per heavy atom. The number of rotatable bonds is 7. The van der Waals surface area contributed by atoms with E-state index in [-0.39, 0.29) is 6.61 Å². The Kier molecular flexibility index (Phi) is 5.60. The van der Waals surface area contributed by atoms with Crippen molar-refractivity contribution in [2.45, 2.75) is 19.4 Å². The van der Waals surface area contributed by atoms with E-state index in [2.05, 4.69) is 11.9 Å². The van der Waals surface area contributed by atoms with Gasteiger partial charge in [0.25, 0.3) is 5.91 Å². The first-order valence-corrected chi connectivity index (χ1v) is 5.96. The average molecular weight is 263 g/mol. The van der Waals surface area contributed by atoms with E-state index in [0.29, 0.717) is 17.7 Å². The van der Waals surface area contributed by atoms with Crippen molar-refractivity contribution in [3.8, 4) is 5.75 Å². The van der Waals surface area contributed by atoms with Gasteiger partial charge in [-0.25, -0.2) is 4.79 Å². The molecule has 0 aliphatic rings. The molecule has 5 heteroatoms. The van der Waals surface area contributed by atoms with Gasteiger partial charge in [0.2, 0.25) is 0 Å². The van der Waals surface area contributed by atoms with Crippen molar-refractivity contribution in [3.63, 3.8) is 0 Å². The molecule has 5 nitrogen and oxygen atoms in total. The summed E-state index contributed by atoms with van der Waals surface area (Å²) in [5.41, 5.74) is 0.309. The Bertz CT molecular complexity index is 470. The molecule has 1 amide bonds. The monoisotopic (exact) mass is 263 g/mol. The number of nitrogens with one attached hydrogen (secondary N) is 1. The Morgan fingerprint density at radius 2 is 2.16 bits per heavy atom. The van der Waals surface area contributed by atoms with Crippen molar-refractivity contribution in [3.05, 3.63) is 42.5 Å². The summed E-state index contributed by atoms with van der Waals surface area (Å²) in [5.74, 6) is -1.12. The van der Waals surface area contributed by atoms with Crippen LogP contribution in [-0.2, 0) is 4.79 Å². The molecule has 1 aromatic rings. The predicted octanol–water partition coefficient (Wildman–Crippen LogP) is 1.84. The summed E-state index contributed by atoms with van der Waals surface area (Å²) in [4.78, 5) is 22.9. The molecule has 1 unspecified atom stereocenters. The van der Waals surface area contributed by atoms with Crippen molar-refractivity contribution in [1.82, 2.24) is 5.32 Å². The van der Waals surface area contributed by atoms with Crippen LogP contribution in [0.2, 0.25) is 0 Å². The zero-order chi connectivity index (χ0) is 14.3. The van der Waals surface area contributed by atoms with Crippen molar-refractivity contribution in [2.75, 3.05) is 6.61 Å². The van der Waals surface area contributed by atoms with Gasteiger partial charge in [-0.2, -0.15) is 0 Å². The Morgan fingerprint density at radius 1 is 1.47 bits per heavy atom. The van der Waals surface area contributed by atoms with Crippen LogP contribution >= 0.6 is 0 Å². The van der Waals surface area contributed by atoms with Gasteiger partial charge in [-0.05, 0) is 18.6 Å². The number of carbonyl (C=O) groups excluding carboxylic acids is 1. The summed E-state index contributed by atoms with van der Waals surface area (Å²) >= 11 is 0. The van der Waals surface area contributed by atoms with Gasteiger partial charge >= 0.3 is 5.97 Å². The topological polar surface area (TPSA) is 75.6 Å². The molecule has 0 radical (unpaired) electrons. The highest BCUT2D eigenvalue weighted by molar-refractivity contribution is 5.98. The number of hydrogen-bond donors (Lipinski definition) is 2. The van der Waals surface area contributed by atoms with Crippen LogP contribution < -0.4 is 10.1 Å². The summed E-state index contributed by atoms with van der Waals surface area (Å²) in [6.45, 7) is 5.50. The number of carboxylic acids is 1. The third-order valence-corrected chi connectivity index (χ3v) is 2.50. The first kappa shape index (κ1) is 14.8. The highest BCUT2D eigenvalue weighted by Crippen LogP contribution is 2.18. The fourth-order valence-corrected chi connectivity index (χ4v) is 1.50. The van der Waals surface area contributed by atoms with E-state index in [1.807, 2.05) is 0 Å². The molecule has 0 aliphatic carbocycles. The quantitative estimate of drug-likeness (QED) is 0.736. The van der Waals surface area contributed by atoms with Crippen molar-refractivity contribution < 1.29 is 19.4 Å². The molecule has 0 spiro atoms. The Balaban J connectivity index is 2.86. The summed E-state index contributed by atoms with van der Waals surface area (Å²) < 4.78 is 5.36. The summed E-state index contributed by atoms with van der Waals surface area (Å²) in [7, 11) is 0. The van der Waals surface area contributed by atoms with Crippen LogP contribution in [0.5, 0.6) is 5.75 Å². The van der Waals surface area contributed by atoms with Gasteiger partial charge in [-0.15, -0.1) is 0 Å². The molecule has 0 aromatic heterocycles. The van der Waals surface area contributed by atoms with Gasteiger partial charge in [0, 0.05) is 0 Å². The normalized spacial score (nSPS) is 11.4. The third-order valence-electron chi connectivity index (χ3n) is 2.50. The molecule has 0 bridgehead atoms. The molecule has 1 aromatic carbocycles. The number of aliphatic carboxylic acids is 1. The minimum absolute atomic E-state index is 0.278. The third kappa shape index (κ3) is 4.13. The largest absolute Gasteiger partial charge is 0.489 e. The second kappa shape index (κ2) is 7.20. The maximum Gasteiger partial charge on any atom is 0.326 e. The maximum atomic E-state index is 12.0. The maximum absolute atomic E-state index is 12.0. The number of carboxylic acid groups (broad SMARTS) is 1. The lowest BCUT2D eigenvalue weighted by Crippen LogP contribution is -2.40. The lowest BCUT2D eigenvalue weighted by molar-refractivity contribution is -0.139. The second-order valence-electron chi connectivity index (χ2n) is 3.87. The van der Waals surface area contributed by atoms with Gasteiger partial charge in [-0.3, -0.25) is 4.79 Å². The first-order chi connectivity index (χ1) is 9.10. The van der Waals surface area contributed by atoms with Crippen molar-refractivity contribution in [2.24, 2.45) is 0 Å². The van der Waals surface area contributed by atoms with Crippen LogP contribution in [0.15, 0.2) is 36.9 Å². The molecule has 0 aliphatic heterocycles. The molecule has 0 heterocycles. The first-order valence-electron chi connectivity index (χ1n) is 5.96. The molecular formula is C14H17NO4. The van der Waals surface area contributed by atoms with E-state index in [1.165, 1.54) is 0 Å². The van der Waals surface area contributed by atoms with Crippen LogP contribution in [0.25, 0.3) is 0 Å². The smallest absolute Gasteiger partial charge is 0.326 e. The predicted molar refractivity (Wildman–Crippen MR) is 71.3 cm³/mol. The van der Waals surface area contributed by atoms with Gasteiger partial charge in [0.05, 0.1) is 5.56 Å². The van der Waals surface area contributed by atoms with E-state index < -0.39 is 17.9 Å². The second-order valence-corrected chi connectivity index (χ2v) is 3.87. The highest BCUT2D eigenvalue weighted by Gasteiger charge is 2.20. The minimum atomic E-state index is -1.06. The molecule has 0 saturated heterocycles. The van der Waals surface area contributed by atoms with E-state index in [4.69, 9.17) is 9.84 Å². The number of ether oxygens (including phenoxy) is 1. The van der Waals surface area contributed by atoms with Gasteiger partial charge in [-0.1, -0.05) is 31.7 Å². The number of carbonyl (C=O) groups is 2. The number of benzene rings is 1. The minimum Gasteiger partial charge on any atom is -0.489 e. The summed E-state index contributed by atoms with van der Waals surface area (Å²) in [6.07, 6.45) is 1.89. The molecule has 1 atom stereocenters. The lowest BCUT2D eigenvalue weighted by Gasteiger charge is -2.14. The van der Waals surface area contributed by atoms with E-state index in [9.17, 15) is 9.59 Å². The zero-order valence-corrected chi connectivity index (χ0v) is 10.8. The molecule has 102 valence electrons. The molecule has 2 N–H and O–H groups in total. The summed E-state index contributed by atoms with van der Waals surface area (Å²) in [5, 5.41) is 11.4. The highest BCUT2D eigenvalue weighted by atomic mass is 16.5. The van der Waals surface area contributed by atoms with E-state index in [0.717, 1.165) is 0 Å². The Hall–Kier alpha value is -2.30.